The molecule has 0 aliphatic heterocycles. The highest BCUT2D eigenvalue weighted by Crippen LogP contribution is 2.25. The molecule has 1 amide bonds. The van der Waals surface area contributed by atoms with E-state index >= 15 is 0 Å². The van der Waals surface area contributed by atoms with Gasteiger partial charge in [-0.3, -0.25) is 9.48 Å². The normalized spacial score (nSPS) is 10.9. The number of nitrogens with zero attached hydrogens (tertiary/aromatic N) is 2. The summed E-state index contributed by atoms with van der Waals surface area (Å²) >= 11 is 0. The Balaban J connectivity index is 2.04. The molecule has 112 valence electrons. The molecule has 1 aromatic heterocycles. The van der Waals surface area contributed by atoms with Crippen LogP contribution in [0.1, 0.15) is 37.3 Å². The second-order valence-electron chi connectivity index (χ2n) is 5.41. The van der Waals surface area contributed by atoms with Crippen LogP contribution in [-0.2, 0) is 11.3 Å². The first-order chi connectivity index (χ1) is 9.97. The fourth-order valence-electron chi connectivity index (χ4n) is 2.13. The lowest BCUT2D eigenvalue weighted by atomic mass is 9.99. The van der Waals surface area contributed by atoms with Crippen molar-refractivity contribution in [2.24, 2.45) is 0 Å². The number of carbonyl (C=O) groups excluding carboxylic acids is 1. The number of halogens is 1. The summed E-state index contributed by atoms with van der Waals surface area (Å²) in [7, 11) is 0. The molecule has 0 bridgehead atoms. The lowest BCUT2D eigenvalue weighted by molar-refractivity contribution is -0.116. The lowest BCUT2D eigenvalue weighted by Gasteiger charge is -2.14. The fourth-order valence-corrected chi connectivity index (χ4v) is 2.13. The molecule has 21 heavy (non-hydrogen) atoms. The van der Waals surface area contributed by atoms with Gasteiger partial charge >= 0.3 is 0 Å². The predicted molar refractivity (Wildman–Crippen MR) is 80.7 cm³/mol. The van der Waals surface area contributed by atoms with Crippen molar-refractivity contribution in [2.75, 3.05) is 5.32 Å². The molecule has 0 aliphatic carbocycles. The number of aromatic nitrogens is 2. The van der Waals surface area contributed by atoms with E-state index in [1.54, 1.807) is 23.9 Å². The van der Waals surface area contributed by atoms with Gasteiger partial charge < -0.3 is 5.32 Å². The van der Waals surface area contributed by atoms with Gasteiger partial charge in [-0.15, -0.1) is 0 Å². The van der Waals surface area contributed by atoms with Gasteiger partial charge in [-0.05, 0) is 42.2 Å². The Hall–Kier alpha value is -2.17. The second-order valence-corrected chi connectivity index (χ2v) is 5.41. The van der Waals surface area contributed by atoms with E-state index in [0.29, 0.717) is 24.2 Å². The van der Waals surface area contributed by atoms with E-state index in [0.717, 1.165) is 5.56 Å². The van der Waals surface area contributed by atoms with Crippen LogP contribution in [0.2, 0.25) is 0 Å². The number of benzene rings is 1. The molecule has 0 spiro atoms. The first-order valence-corrected chi connectivity index (χ1v) is 7.04. The van der Waals surface area contributed by atoms with Crippen LogP contribution in [-0.4, -0.2) is 15.7 Å². The van der Waals surface area contributed by atoms with Crippen molar-refractivity contribution in [3.63, 3.8) is 0 Å². The maximum atomic E-state index is 13.8. The summed E-state index contributed by atoms with van der Waals surface area (Å²) in [5.74, 6) is -0.253. The largest absolute Gasteiger partial charge is 0.326 e. The zero-order valence-electron chi connectivity index (χ0n) is 12.6. The Morgan fingerprint density at radius 3 is 2.81 bits per heavy atom. The third-order valence-corrected chi connectivity index (χ3v) is 3.37. The summed E-state index contributed by atoms with van der Waals surface area (Å²) in [5.41, 5.74) is 2.01. The van der Waals surface area contributed by atoms with Crippen molar-refractivity contribution in [3.05, 3.63) is 47.5 Å². The average Bonchev–Trinajstić information content (AvgIpc) is 2.92. The second kappa shape index (κ2) is 6.52. The summed E-state index contributed by atoms with van der Waals surface area (Å²) < 4.78 is 15.5. The molecule has 0 saturated heterocycles. The van der Waals surface area contributed by atoms with Crippen molar-refractivity contribution in [1.29, 1.82) is 0 Å². The van der Waals surface area contributed by atoms with Crippen molar-refractivity contribution >= 4 is 11.6 Å². The van der Waals surface area contributed by atoms with Crippen LogP contribution in [0.25, 0.3) is 0 Å². The topological polar surface area (TPSA) is 46.9 Å². The van der Waals surface area contributed by atoms with E-state index in [4.69, 9.17) is 0 Å². The van der Waals surface area contributed by atoms with E-state index < -0.39 is 0 Å². The van der Waals surface area contributed by atoms with Crippen LogP contribution in [0, 0.1) is 12.7 Å². The number of carbonyl (C=O) groups is 1. The summed E-state index contributed by atoms with van der Waals surface area (Å²) in [4.78, 5) is 12.0. The Morgan fingerprint density at radius 1 is 1.43 bits per heavy atom. The molecule has 2 aromatic rings. The predicted octanol–water partition coefficient (Wildman–Crippen LogP) is 3.48. The lowest BCUT2D eigenvalue weighted by Crippen LogP contribution is -2.16. The molecular formula is C16H20FN3O. The standard InChI is InChI=1S/C16H20FN3O/c1-11(2)13-10-15(12(3)9-14(13)17)19-16(21)5-8-20-7-4-6-18-20/h4,6-7,9-11H,5,8H2,1-3H3,(H,19,21). The van der Waals surface area contributed by atoms with Crippen LogP contribution >= 0.6 is 0 Å². The molecule has 0 fully saturated rings. The van der Waals surface area contributed by atoms with E-state index in [1.807, 2.05) is 26.1 Å². The summed E-state index contributed by atoms with van der Waals surface area (Å²) in [6.07, 6.45) is 3.82. The fraction of sp³-hybridized carbons (Fsp3) is 0.375. The van der Waals surface area contributed by atoms with Crippen molar-refractivity contribution in [3.8, 4) is 0 Å². The number of hydrogen-bond acceptors (Lipinski definition) is 2. The smallest absolute Gasteiger partial charge is 0.226 e. The minimum Gasteiger partial charge on any atom is -0.326 e. The van der Waals surface area contributed by atoms with E-state index in [1.165, 1.54) is 6.07 Å². The Bertz CT molecular complexity index is 621. The van der Waals surface area contributed by atoms with E-state index in [9.17, 15) is 9.18 Å². The van der Waals surface area contributed by atoms with Crippen LogP contribution in [0.15, 0.2) is 30.6 Å². The van der Waals surface area contributed by atoms with Crippen molar-refractivity contribution in [2.45, 2.75) is 39.7 Å². The highest BCUT2D eigenvalue weighted by atomic mass is 19.1. The minimum absolute atomic E-state index is 0.0744. The Morgan fingerprint density at radius 2 is 2.19 bits per heavy atom. The van der Waals surface area contributed by atoms with Crippen LogP contribution in [0.4, 0.5) is 10.1 Å². The SMILES string of the molecule is Cc1cc(F)c(C(C)C)cc1NC(=O)CCn1cccn1. The van der Waals surface area contributed by atoms with Gasteiger partial charge in [0.1, 0.15) is 5.82 Å². The zero-order chi connectivity index (χ0) is 15.4. The zero-order valence-corrected chi connectivity index (χ0v) is 12.6. The van der Waals surface area contributed by atoms with E-state index in [-0.39, 0.29) is 17.6 Å². The van der Waals surface area contributed by atoms with Crippen LogP contribution < -0.4 is 5.32 Å². The Kier molecular flexibility index (Phi) is 4.73. The molecule has 4 nitrogen and oxygen atoms in total. The molecule has 2 rings (SSSR count). The summed E-state index contributed by atoms with van der Waals surface area (Å²) in [6.45, 7) is 6.17. The number of rotatable bonds is 5. The molecule has 0 radical (unpaired) electrons. The van der Waals surface area contributed by atoms with Gasteiger partial charge in [0, 0.05) is 31.0 Å². The van der Waals surface area contributed by atoms with Crippen molar-refractivity contribution in [1.82, 2.24) is 9.78 Å². The quantitative estimate of drug-likeness (QED) is 0.916. The third kappa shape index (κ3) is 3.90. The van der Waals surface area contributed by atoms with Crippen LogP contribution in [0.5, 0.6) is 0 Å². The minimum atomic E-state index is -0.225. The molecule has 1 heterocycles. The highest BCUT2D eigenvalue weighted by molar-refractivity contribution is 5.91. The monoisotopic (exact) mass is 289 g/mol. The number of amides is 1. The molecule has 5 heteroatoms. The van der Waals surface area contributed by atoms with Gasteiger partial charge in [0.15, 0.2) is 0 Å². The van der Waals surface area contributed by atoms with Crippen LogP contribution in [0.3, 0.4) is 0 Å². The van der Waals surface area contributed by atoms with Gasteiger partial charge in [0.2, 0.25) is 5.91 Å². The highest BCUT2D eigenvalue weighted by Gasteiger charge is 2.12. The summed E-state index contributed by atoms with van der Waals surface area (Å²) in [5, 5.41) is 6.90. The first-order valence-electron chi connectivity index (χ1n) is 7.04. The molecule has 0 saturated carbocycles. The van der Waals surface area contributed by atoms with E-state index in [2.05, 4.69) is 10.4 Å². The number of hydrogen-bond donors (Lipinski definition) is 1. The van der Waals surface area contributed by atoms with Gasteiger partial charge in [0.05, 0.1) is 0 Å². The number of aryl methyl sites for hydroxylation is 2. The maximum absolute atomic E-state index is 13.8. The molecular weight excluding hydrogens is 269 g/mol. The first kappa shape index (κ1) is 15.2. The molecule has 0 atom stereocenters. The van der Waals surface area contributed by atoms with Crippen molar-refractivity contribution < 1.29 is 9.18 Å². The molecule has 0 unspecified atom stereocenters. The van der Waals surface area contributed by atoms with Gasteiger partial charge in [0.25, 0.3) is 0 Å². The number of nitrogens with one attached hydrogen (secondary N) is 1. The number of anilines is 1. The molecule has 1 N–H and O–H groups in total. The molecule has 0 aliphatic rings. The average molecular weight is 289 g/mol. The summed E-state index contributed by atoms with van der Waals surface area (Å²) in [6, 6.07) is 5.01. The maximum Gasteiger partial charge on any atom is 0.226 e. The third-order valence-electron chi connectivity index (χ3n) is 3.37. The molecule has 1 aromatic carbocycles. The van der Waals surface area contributed by atoms with Gasteiger partial charge in [-0.2, -0.15) is 5.10 Å². The van der Waals surface area contributed by atoms with Gasteiger partial charge in [-0.1, -0.05) is 13.8 Å². The Labute approximate surface area is 124 Å². The van der Waals surface area contributed by atoms with Gasteiger partial charge in [-0.25, -0.2) is 4.39 Å².